The summed E-state index contributed by atoms with van der Waals surface area (Å²) in [5.41, 5.74) is 0. The van der Waals surface area contributed by atoms with Crippen molar-refractivity contribution in [3.05, 3.63) is 12.7 Å². The summed E-state index contributed by atoms with van der Waals surface area (Å²) in [5.74, 6) is 0. The van der Waals surface area contributed by atoms with Gasteiger partial charge >= 0.3 is 6.73 Å². The molecular weight excluding hydrogens is 184 g/mol. The molecule has 0 spiro atoms. The molecule has 0 radical (unpaired) electrons. The second-order valence-corrected chi connectivity index (χ2v) is 7.01. The summed E-state index contributed by atoms with van der Waals surface area (Å²) in [6.07, 6.45) is 1.18. The van der Waals surface area contributed by atoms with Crippen molar-refractivity contribution in [1.82, 2.24) is 0 Å². The van der Waals surface area contributed by atoms with Crippen LogP contribution in [0.25, 0.3) is 0 Å². The Bertz CT molecular complexity index is 84.3. The third-order valence-electron chi connectivity index (χ3n) is 0.0913. The predicted molar refractivity (Wildman–Crippen MR) is 40.5 cm³/mol. The van der Waals surface area contributed by atoms with Crippen molar-refractivity contribution in [2.75, 3.05) is 0 Å². The smallest absolute Gasteiger partial charge is 0.193 e. The quantitative estimate of drug-likeness (QED) is 0.325. The zero-order chi connectivity index (χ0) is 6.99. The van der Waals surface area contributed by atoms with Gasteiger partial charge in [-0.15, -0.1) is 33.2 Å². The summed E-state index contributed by atoms with van der Waals surface area (Å²) in [6, 6.07) is 1.69. The first-order chi connectivity index (χ1) is 3.65. The van der Waals surface area contributed by atoms with Gasteiger partial charge in [0.25, 0.3) is 0 Å². The van der Waals surface area contributed by atoms with Crippen molar-refractivity contribution in [1.29, 1.82) is 5.26 Å². The fourth-order valence-corrected chi connectivity index (χ4v) is 0. The van der Waals surface area contributed by atoms with E-state index in [2.05, 4.69) is 6.58 Å². The molecule has 0 aromatic carbocycles. The molecule has 1 nitrogen and oxygen atoms in total. The van der Waals surface area contributed by atoms with Crippen molar-refractivity contribution in [3.63, 3.8) is 0 Å². The van der Waals surface area contributed by atoms with E-state index in [-0.39, 0.29) is 0 Å². The van der Waals surface area contributed by atoms with Crippen LogP contribution >= 0.6 is 33.2 Å². The highest BCUT2D eigenvalue weighted by Crippen LogP contribution is 1.97. The maximum atomic E-state index is 7.51. The highest BCUT2D eigenvalue weighted by atomic mass is 35.8. The van der Waals surface area contributed by atoms with E-state index in [0.29, 0.717) is 0 Å². The lowest BCUT2D eigenvalue weighted by Gasteiger charge is -1.65. The first kappa shape index (κ1) is 11.2. The monoisotopic (exact) mass is 187 g/mol. The normalized spacial score (nSPS) is 6.38. The summed E-state index contributed by atoms with van der Waals surface area (Å²) >= 11 is 14.8. The van der Waals surface area contributed by atoms with Crippen LogP contribution < -0.4 is 0 Å². The zero-order valence-corrected chi connectivity index (χ0v) is 7.37. The Hall–Kier alpha value is 0.317. The summed E-state index contributed by atoms with van der Waals surface area (Å²) in [4.78, 5) is 0. The van der Waals surface area contributed by atoms with Crippen LogP contribution in [0.1, 0.15) is 0 Å². The van der Waals surface area contributed by atoms with Gasteiger partial charge in [0.15, 0.2) is 0 Å². The van der Waals surface area contributed by atoms with Crippen LogP contribution in [0, 0.1) is 11.3 Å². The standard InChI is InChI=1S/C3H3N.Cl3HSi/c1-2-3-4;1-4(2)3/h2H,1H2;4H. The molecular formula is C3H4Cl3NSi. The van der Waals surface area contributed by atoms with Gasteiger partial charge in [-0.05, 0) is 0 Å². The Labute approximate surface area is 64.2 Å². The number of nitrogens with zero attached hydrogens (tertiary/aromatic N) is 1. The number of halogens is 3. The molecule has 0 atom stereocenters. The number of allylic oxidation sites excluding steroid dienone is 1. The van der Waals surface area contributed by atoms with Crippen molar-refractivity contribution < 1.29 is 0 Å². The first-order valence-corrected chi connectivity index (χ1v) is 6.81. The fraction of sp³-hybridized carbons (Fsp3) is 0. The van der Waals surface area contributed by atoms with Crippen molar-refractivity contribution in [2.24, 2.45) is 0 Å². The topological polar surface area (TPSA) is 23.8 Å². The molecule has 0 saturated heterocycles. The molecule has 0 saturated carbocycles. The molecule has 0 N–H and O–H groups in total. The number of hydrogen-bond acceptors (Lipinski definition) is 1. The molecule has 46 valence electrons. The third kappa shape index (κ3) is 103. The molecule has 0 amide bonds. The molecule has 0 bridgehead atoms. The largest absolute Gasteiger partial charge is 0.326 e. The summed E-state index contributed by atoms with van der Waals surface area (Å²) in [5, 5.41) is 7.51. The Morgan fingerprint density at radius 2 is 1.62 bits per heavy atom. The molecule has 0 aliphatic carbocycles. The minimum Gasteiger partial charge on any atom is -0.193 e. The molecule has 0 rings (SSSR count). The number of hydrogen-bond donors (Lipinski definition) is 0. The summed E-state index contributed by atoms with van der Waals surface area (Å²) < 4.78 is 0. The van der Waals surface area contributed by atoms with Gasteiger partial charge in [-0.1, -0.05) is 6.58 Å². The average molecular weight is 189 g/mol. The minimum atomic E-state index is -1.72. The van der Waals surface area contributed by atoms with Crippen LogP contribution in [0.3, 0.4) is 0 Å². The minimum absolute atomic E-state index is 1.18. The van der Waals surface area contributed by atoms with Crippen LogP contribution in [-0.2, 0) is 0 Å². The van der Waals surface area contributed by atoms with Gasteiger partial charge < -0.3 is 0 Å². The molecule has 0 aromatic rings. The number of rotatable bonds is 0. The molecule has 0 unspecified atom stereocenters. The summed E-state index contributed by atoms with van der Waals surface area (Å²) in [7, 11) is 0. The van der Waals surface area contributed by atoms with E-state index in [1.54, 1.807) is 6.07 Å². The maximum Gasteiger partial charge on any atom is 0.326 e. The lowest BCUT2D eigenvalue weighted by molar-refractivity contribution is 1.54. The highest BCUT2D eigenvalue weighted by molar-refractivity contribution is 7.54. The maximum absolute atomic E-state index is 7.51. The zero-order valence-electron chi connectivity index (χ0n) is 3.94. The van der Waals surface area contributed by atoms with E-state index in [1.165, 1.54) is 6.08 Å². The average Bonchev–Trinajstić information content (AvgIpc) is 1.65. The van der Waals surface area contributed by atoms with Gasteiger partial charge in [0.1, 0.15) is 0 Å². The van der Waals surface area contributed by atoms with Crippen molar-refractivity contribution in [3.8, 4) is 6.07 Å². The Morgan fingerprint density at radius 1 is 1.50 bits per heavy atom. The second-order valence-electron chi connectivity index (χ2n) is 0.581. The van der Waals surface area contributed by atoms with Crippen LogP contribution in [-0.4, -0.2) is 6.73 Å². The molecule has 0 aliphatic rings. The summed E-state index contributed by atoms with van der Waals surface area (Å²) in [6.45, 7) is 1.40. The van der Waals surface area contributed by atoms with E-state index in [9.17, 15) is 0 Å². The van der Waals surface area contributed by atoms with Crippen LogP contribution in [0.2, 0.25) is 0 Å². The third-order valence-corrected chi connectivity index (χ3v) is 0.0913. The number of nitriles is 1. The molecule has 0 aromatic heterocycles. The lowest BCUT2D eigenvalue weighted by atomic mass is 10.8. The first-order valence-electron chi connectivity index (χ1n) is 1.58. The SMILES string of the molecule is C=CC#N.Cl[SiH](Cl)Cl. The van der Waals surface area contributed by atoms with Gasteiger partial charge in [-0.25, -0.2) is 0 Å². The van der Waals surface area contributed by atoms with Gasteiger partial charge in [-0.3, -0.25) is 0 Å². The Kier molecular flexibility index (Phi) is 14.4. The Morgan fingerprint density at radius 3 is 1.62 bits per heavy atom. The van der Waals surface area contributed by atoms with Gasteiger partial charge in [-0.2, -0.15) is 5.26 Å². The predicted octanol–water partition coefficient (Wildman–Crippen LogP) is 2.12. The molecule has 0 fully saturated rings. The van der Waals surface area contributed by atoms with E-state index < -0.39 is 6.73 Å². The van der Waals surface area contributed by atoms with E-state index in [1.807, 2.05) is 0 Å². The van der Waals surface area contributed by atoms with Crippen LogP contribution in [0.15, 0.2) is 12.7 Å². The van der Waals surface area contributed by atoms with Crippen LogP contribution in [0.4, 0.5) is 0 Å². The Balaban J connectivity index is 0. The van der Waals surface area contributed by atoms with Crippen LogP contribution in [0.5, 0.6) is 0 Å². The molecule has 8 heavy (non-hydrogen) atoms. The fourth-order valence-electron chi connectivity index (χ4n) is 0. The van der Waals surface area contributed by atoms with E-state index in [0.717, 1.165) is 0 Å². The van der Waals surface area contributed by atoms with E-state index in [4.69, 9.17) is 38.5 Å². The lowest BCUT2D eigenvalue weighted by Crippen LogP contribution is -1.66. The van der Waals surface area contributed by atoms with Crippen molar-refractivity contribution in [2.45, 2.75) is 0 Å². The highest BCUT2D eigenvalue weighted by Gasteiger charge is 1.85. The molecule has 0 heterocycles. The second kappa shape index (κ2) is 10.3. The van der Waals surface area contributed by atoms with Gasteiger partial charge in [0.05, 0.1) is 6.07 Å². The molecule has 0 aliphatic heterocycles. The van der Waals surface area contributed by atoms with Crippen molar-refractivity contribution >= 4 is 40.0 Å². The van der Waals surface area contributed by atoms with E-state index >= 15 is 0 Å². The van der Waals surface area contributed by atoms with Gasteiger partial charge in [0.2, 0.25) is 0 Å². The molecule has 5 heteroatoms. The van der Waals surface area contributed by atoms with Gasteiger partial charge in [0, 0.05) is 6.08 Å².